The monoisotopic (exact) mass is 1560 g/mol. The molecule has 0 aliphatic carbocycles. The van der Waals surface area contributed by atoms with E-state index in [1.807, 2.05) is 6.92 Å². The molecule has 2 aromatic rings. The van der Waals surface area contributed by atoms with Gasteiger partial charge < -0.3 is 120 Å². The number of hydrogen-bond acceptors (Lipinski definition) is 21. The predicted molar refractivity (Wildman–Crippen MR) is 414 cm³/mol. The van der Waals surface area contributed by atoms with Gasteiger partial charge in [-0.1, -0.05) is 97.7 Å². The normalized spacial score (nSPS) is 18.6. The smallest absolute Gasteiger partial charge is 0.245 e. The number of benzene rings is 2. The van der Waals surface area contributed by atoms with Crippen LogP contribution in [0.5, 0.6) is 5.75 Å². The first-order valence-corrected chi connectivity index (χ1v) is 38.9. The molecule has 0 bridgehead atoms. The second-order valence-corrected chi connectivity index (χ2v) is 29.4. The lowest BCUT2D eigenvalue weighted by atomic mass is 10.00. The Morgan fingerprint density at radius 3 is 1.72 bits per heavy atom. The highest BCUT2D eigenvalue weighted by Gasteiger charge is 2.41. The highest BCUT2D eigenvalue weighted by molar-refractivity contribution is 8.76. The molecule has 30 N–H and O–H groups in total. The Morgan fingerprint density at radius 2 is 1.12 bits per heavy atom. The van der Waals surface area contributed by atoms with Crippen LogP contribution < -0.4 is 110 Å². The molecule has 40 heteroatoms. The highest BCUT2D eigenvalue weighted by Crippen LogP contribution is 2.26. The standard InChI is InChI=1S/C69H112N24O14S2/c1-4-5-17-44(56(72)97)85-63(104)51-37-108-109-38-52(64(105)89-48(21-13-30-81-69(77)78)66(107)93-31-14-22-53(93)65(106)88-45(59(100)91-51)18-9-10-27-70)92-60(101)47(20-12-29-80-68(75)76)86-58(99)46(19-11-28-79-67(73)74)87-61(102)49(32-39(2)3)90-62(103)50(34-40-15-7-6-8-16-40)84-55(96)36-82-54(95)35-83-57(98)43(71)33-41-23-25-42(94)26-24-41/h6-8,15-16,23-26,39,43-53,94H,4-5,9-14,17-22,27-38,70-71H2,1-3H3,(H2,72,97)(H,82,95)(H,83,98)(H,84,96)(H,85,104)(H,86,99)(H,87,102)(H,88,106)(H,89,105)(H,90,103)(H,91,100)(H,92,101)(H4,73,74,79)(H4,75,76,80)(H4,77,78,81)/t43-,44-,45-,46-,47-,48-,49-,50-,51+,52+,53-/m0/s1. The van der Waals surface area contributed by atoms with Gasteiger partial charge in [0.15, 0.2) is 17.9 Å². The third kappa shape index (κ3) is 34.7. The number of phenolic OH excluding ortho intramolecular Hbond substituents is 1. The summed E-state index contributed by atoms with van der Waals surface area (Å²) < 4.78 is 0. The summed E-state index contributed by atoms with van der Waals surface area (Å²) in [5.41, 5.74) is 52.7. The molecule has 0 aromatic heterocycles. The number of nitrogens with one attached hydrogen (secondary N) is 11. The van der Waals surface area contributed by atoms with Gasteiger partial charge in [0.2, 0.25) is 76.8 Å². The zero-order valence-corrected chi connectivity index (χ0v) is 63.7. The molecule has 2 fully saturated rings. The number of nitrogens with two attached hydrogens (primary N) is 9. The number of carbonyl (C=O) groups is 13. The Balaban J connectivity index is 1.71. The third-order valence-electron chi connectivity index (χ3n) is 17.3. The third-order valence-corrected chi connectivity index (χ3v) is 19.8. The predicted octanol–water partition coefficient (Wildman–Crippen LogP) is -5.50. The molecule has 2 aliphatic heterocycles. The minimum atomic E-state index is -1.58. The Labute approximate surface area is 641 Å². The van der Waals surface area contributed by atoms with Crippen molar-refractivity contribution in [3.63, 3.8) is 0 Å². The molecule has 4 rings (SSSR count). The molecule has 0 unspecified atom stereocenters. The fourth-order valence-electron chi connectivity index (χ4n) is 11.6. The second-order valence-electron chi connectivity index (χ2n) is 26.8. The lowest BCUT2D eigenvalue weighted by Gasteiger charge is -2.31. The van der Waals surface area contributed by atoms with Crippen molar-refractivity contribution in [1.29, 1.82) is 0 Å². The van der Waals surface area contributed by atoms with Crippen LogP contribution in [0.3, 0.4) is 0 Å². The van der Waals surface area contributed by atoms with Crippen molar-refractivity contribution < 1.29 is 67.4 Å². The van der Waals surface area contributed by atoms with Crippen LogP contribution in [0, 0.1) is 5.92 Å². The molecule has 11 atom stereocenters. The summed E-state index contributed by atoms with van der Waals surface area (Å²) in [4.78, 5) is 198. The molecule has 109 heavy (non-hydrogen) atoms. The molecule has 0 saturated carbocycles. The van der Waals surface area contributed by atoms with Gasteiger partial charge in [0, 0.05) is 44.1 Å². The molecule has 0 radical (unpaired) electrons. The number of unbranched alkanes of at least 4 members (excludes halogenated alkanes) is 2. The Kier molecular flexibility index (Phi) is 40.9. The summed E-state index contributed by atoms with van der Waals surface area (Å²) in [5, 5.41) is 38.8. The van der Waals surface area contributed by atoms with Crippen molar-refractivity contribution in [2.75, 3.05) is 57.3 Å². The number of phenols is 1. The number of aromatic hydroxyl groups is 1. The van der Waals surface area contributed by atoms with Crippen molar-refractivity contribution in [2.24, 2.45) is 72.5 Å². The lowest BCUT2D eigenvalue weighted by Crippen LogP contribution is -2.61. The number of carbonyl (C=O) groups excluding carboxylic acids is 13. The van der Waals surface area contributed by atoms with Crippen LogP contribution >= 0.6 is 21.6 Å². The van der Waals surface area contributed by atoms with E-state index in [4.69, 9.17) is 51.6 Å². The zero-order valence-electron chi connectivity index (χ0n) is 62.1. The van der Waals surface area contributed by atoms with Gasteiger partial charge in [0.25, 0.3) is 0 Å². The molecule has 2 heterocycles. The van der Waals surface area contributed by atoms with Gasteiger partial charge in [-0.3, -0.25) is 77.3 Å². The van der Waals surface area contributed by atoms with E-state index in [-0.39, 0.29) is 151 Å². The number of amides is 13. The van der Waals surface area contributed by atoms with E-state index >= 15 is 9.59 Å². The summed E-state index contributed by atoms with van der Waals surface area (Å²) >= 11 is 0. The van der Waals surface area contributed by atoms with E-state index in [2.05, 4.69) is 73.5 Å². The Hall–Kier alpha value is -10.2. The lowest BCUT2D eigenvalue weighted by molar-refractivity contribution is -0.142. The molecule has 2 aliphatic rings. The van der Waals surface area contributed by atoms with E-state index in [0.717, 1.165) is 21.6 Å². The van der Waals surface area contributed by atoms with Crippen molar-refractivity contribution >= 4 is 116 Å². The fraction of sp³-hybridized carbons (Fsp3) is 0.594. The summed E-state index contributed by atoms with van der Waals surface area (Å²) in [6.07, 6.45) is 2.53. The number of aliphatic imine (C=N–C) groups is 3. The molecule has 13 amide bonds. The number of fused-ring (bicyclic) bond motifs is 1. The quantitative estimate of drug-likeness (QED) is 0.0128. The van der Waals surface area contributed by atoms with E-state index in [1.54, 1.807) is 56.3 Å². The van der Waals surface area contributed by atoms with Gasteiger partial charge in [-0.25, -0.2) is 0 Å². The summed E-state index contributed by atoms with van der Waals surface area (Å²) in [6, 6.07) is -0.0862. The van der Waals surface area contributed by atoms with Gasteiger partial charge >= 0.3 is 0 Å². The van der Waals surface area contributed by atoms with Crippen LogP contribution in [0.1, 0.15) is 128 Å². The van der Waals surface area contributed by atoms with Crippen LogP contribution in [0.25, 0.3) is 0 Å². The average Bonchev–Trinajstić information content (AvgIpc) is 1.70. The van der Waals surface area contributed by atoms with Crippen LogP contribution in [-0.4, -0.2) is 228 Å². The minimum absolute atomic E-state index is 0.0175. The Morgan fingerprint density at radius 1 is 0.569 bits per heavy atom. The maximum Gasteiger partial charge on any atom is 0.245 e. The number of rotatable bonds is 42. The van der Waals surface area contributed by atoms with Crippen LogP contribution in [0.4, 0.5) is 0 Å². The Bertz CT molecular complexity index is 3440. The maximum atomic E-state index is 15.1. The topological polar surface area (TPSA) is 649 Å². The number of guanidine groups is 3. The number of hydrogen-bond donors (Lipinski definition) is 21. The summed E-state index contributed by atoms with van der Waals surface area (Å²) in [7, 11) is 1.95. The van der Waals surface area contributed by atoms with Crippen LogP contribution in [-0.2, 0) is 75.2 Å². The number of primary amides is 1. The molecule has 2 aromatic carbocycles. The second kappa shape index (κ2) is 49.0. The molecular formula is C69H112N24O14S2. The van der Waals surface area contributed by atoms with Gasteiger partial charge in [-0.2, -0.15) is 0 Å². The molecule has 38 nitrogen and oxygen atoms in total. The van der Waals surface area contributed by atoms with E-state index in [0.29, 0.717) is 43.2 Å². The fourth-order valence-corrected chi connectivity index (χ4v) is 13.9. The maximum absolute atomic E-state index is 15.1. The summed E-state index contributed by atoms with van der Waals surface area (Å²) in [6.45, 7) is 4.46. The number of nitrogens with zero attached hydrogens (tertiary/aromatic N) is 4. The highest BCUT2D eigenvalue weighted by atomic mass is 33.1. The minimum Gasteiger partial charge on any atom is -0.508 e. The van der Waals surface area contributed by atoms with Crippen molar-refractivity contribution in [3.05, 3.63) is 65.7 Å². The molecule has 0 spiro atoms. The van der Waals surface area contributed by atoms with E-state index in [1.165, 1.54) is 17.0 Å². The SMILES string of the molecule is CCCC[C@H](NC(=O)[C@H]1CSSC[C@@H](NC(=O)[C@H](CCCN=C(N)N)NC(=O)[C@H](CCCN=C(N)N)NC(=O)[C@H](CC(C)C)NC(=O)[C@H](Cc2ccccc2)NC(=O)CNC(=O)CNC(=O)[C@@H](N)Cc2ccc(O)cc2)C(=O)N[C@@H](CCCN=C(N)N)C(=O)N2CCC[C@H]2C(=O)N[C@@H](CCCCN)C(=O)N1)C(N)=O. The first kappa shape index (κ1) is 91.2. The average molecular weight is 1570 g/mol. The molecule has 604 valence electrons. The van der Waals surface area contributed by atoms with E-state index < -0.39 is 156 Å². The van der Waals surface area contributed by atoms with Crippen molar-refractivity contribution in [1.82, 2.24) is 63.4 Å². The van der Waals surface area contributed by atoms with Gasteiger partial charge in [0.05, 0.1) is 19.1 Å². The van der Waals surface area contributed by atoms with Crippen LogP contribution in [0.15, 0.2) is 69.6 Å². The van der Waals surface area contributed by atoms with Crippen molar-refractivity contribution in [2.45, 2.75) is 196 Å². The zero-order chi connectivity index (χ0) is 80.5. The van der Waals surface area contributed by atoms with Crippen LogP contribution in [0.2, 0.25) is 0 Å². The molecule has 2 saturated heterocycles. The van der Waals surface area contributed by atoms with Gasteiger partial charge in [-0.15, -0.1) is 0 Å². The van der Waals surface area contributed by atoms with E-state index in [9.17, 15) is 57.8 Å². The first-order valence-electron chi connectivity index (χ1n) is 36.4. The van der Waals surface area contributed by atoms with Crippen molar-refractivity contribution in [3.8, 4) is 5.75 Å². The first-order chi connectivity index (χ1) is 51.9. The van der Waals surface area contributed by atoms with Gasteiger partial charge in [0.1, 0.15) is 66.2 Å². The van der Waals surface area contributed by atoms with Gasteiger partial charge in [-0.05, 0) is 126 Å². The summed E-state index contributed by atoms with van der Waals surface area (Å²) in [5.74, 6) is -12.1. The molecular weight excluding hydrogens is 1450 g/mol. The largest absolute Gasteiger partial charge is 0.508 e.